The molecule has 1 aromatic carbocycles. The Morgan fingerprint density at radius 1 is 1.12 bits per heavy atom. The van der Waals surface area contributed by atoms with Crippen LogP contribution in [-0.2, 0) is 11.3 Å². The number of hydrogen-bond donors (Lipinski definition) is 2. The van der Waals surface area contributed by atoms with Crippen LogP contribution in [0.15, 0.2) is 47.3 Å². The molecule has 136 valence electrons. The topological polar surface area (TPSA) is 101 Å². The van der Waals surface area contributed by atoms with E-state index in [-0.39, 0.29) is 24.2 Å². The van der Waals surface area contributed by atoms with E-state index >= 15 is 0 Å². The molecule has 0 spiro atoms. The van der Waals surface area contributed by atoms with Crippen LogP contribution >= 0.6 is 0 Å². The number of carbonyl (C=O) groups is 2. The summed E-state index contributed by atoms with van der Waals surface area (Å²) in [6.07, 6.45) is 2.93. The van der Waals surface area contributed by atoms with Gasteiger partial charge in [0.1, 0.15) is 5.69 Å². The minimum atomic E-state index is -0.936. The van der Waals surface area contributed by atoms with Crippen LogP contribution in [0.5, 0.6) is 0 Å². The average molecular weight is 355 g/mol. The molecule has 7 nitrogen and oxygen atoms in total. The van der Waals surface area contributed by atoms with Crippen molar-refractivity contribution in [2.24, 2.45) is 0 Å². The van der Waals surface area contributed by atoms with Crippen molar-refractivity contribution in [3.05, 3.63) is 64.1 Å². The number of hydrogen-bond acceptors (Lipinski definition) is 4. The van der Waals surface area contributed by atoms with E-state index in [0.29, 0.717) is 12.8 Å². The second-order valence-corrected chi connectivity index (χ2v) is 6.71. The van der Waals surface area contributed by atoms with Crippen molar-refractivity contribution in [2.75, 3.05) is 0 Å². The highest BCUT2D eigenvalue weighted by Crippen LogP contribution is 2.32. The number of nitrogens with zero attached hydrogens (tertiary/aromatic N) is 2. The molecule has 1 aliphatic carbocycles. The predicted octanol–water partition coefficient (Wildman–Crippen LogP) is 1.81. The van der Waals surface area contributed by atoms with Crippen molar-refractivity contribution in [3.8, 4) is 0 Å². The van der Waals surface area contributed by atoms with Crippen LogP contribution in [0.3, 0.4) is 0 Å². The number of aromatic nitrogens is 2. The van der Waals surface area contributed by atoms with Gasteiger partial charge in [-0.15, -0.1) is 0 Å². The van der Waals surface area contributed by atoms with Gasteiger partial charge in [-0.25, -0.2) is 4.68 Å². The lowest BCUT2D eigenvalue weighted by Gasteiger charge is -2.28. The molecule has 1 amide bonds. The second-order valence-electron chi connectivity index (χ2n) is 6.71. The Morgan fingerprint density at radius 2 is 1.81 bits per heavy atom. The molecule has 0 radical (unpaired) electrons. The van der Waals surface area contributed by atoms with Crippen LogP contribution in [0.25, 0.3) is 0 Å². The maximum atomic E-state index is 12.6. The molecular formula is C19H21N3O4. The van der Waals surface area contributed by atoms with Gasteiger partial charge in [0.25, 0.3) is 11.5 Å². The first-order valence-corrected chi connectivity index (χ1v) is 8.64. The summed E-state index contributed by atoms with van der Waals surface area (Å²) in [5, 5.41) is 16.2. The average Bonchev–Trinajstić information content (AvgIpc) is 3.05. The van der Waals surface area contributed by atoms with E-state index < -0.39 is 17.4 Å². The lowest BCUT2D eigenvalue weighted by atomic mass is 9.93. The number of carboxylic acids is 1. The van der Waals surface area contributed by atoms with Crippen molar-refractivity contribution >= 4 is 11.9 Å². The lowest BCUT2D eigenvalue weighted by Crippen LogP contribution is -2.48. The number of nitrogens with one attached hydrogen (secondary N) is 1. The zero-order valence-corrected chi connectivity index (χ0v) is 14.4. The van der Waals surface area contributed by atoms with Crippen LogP contribution in [-0.4, -0.2) is 32.3 Å². The third-order valence-electron chi connectivity index (χ3n) is 4.70. The van der Waals surface area contributed by atoms with Crippen LogP contribution in [0.1, 0.15) is 48.2 Å². The minimum Gasteiger partial charge on any atom is -0.481 e. The summed E-state index contributed by atoms with van der Waals surface area (Å²) in [5.41, 5.74) is -0.0214. The first-order valence-electron chi connectivity index (χ1n) is 8.64. The molecule has 7 heteroatoms. The number of benzene rings is 1. The number of rotatable bonds is 6. The number of amides is 1. The van der Waals surface area contributed by atoms with Gasteiger partial charge < -0.3 is 10.4 Å². The maximum absolute atomic E-state index is 12.6. The first kappa shape index (κ1) is 17.8. The van der Waals surface area contributed by atoms with Gasteiger partial charge in [0.05, 0.1) is 18.5 Å². The quantitative estimate of drug-likeness (QED) is 0.823. The number of carboxylic acid groups (broad SMARTS) is 1. The van der Waals surface area contributed by atoms with Crippen LogP contribution in [0.2, 0.25) is 0 Å². The zero-order valence-electron chi connectivity index (χ0n) is 14.4. The van der Waals surface area contributed by atoms with Crippen molar-refractivity contribution in [1.82, 2.24) is 15.1 Å². The zero-order chi connectivity index (χ0) is 18.6. The van der Waals surface area contributed by atoms with Crippen molar-refractivity contribution in [3.63, 3.8) is 0 Å². The van der Waals surface area contributed by atoms with Gasteiger partial charge in [-0.2, -0.15) is 5.10 Å². The Bertz CT molecular complexity index is 855. The molecule has 26 heavy (non-hydrogen) atoms. The number of aliphatic carboxylic acids is 1. The van der Waals surface area contributed by atoms with E-state index in [1.54, 1.807) is 0 Å². The fraction of sp³-hybridized carbons (Fsp3) is 0.368. The largest absolute Gasteiger partial charge is 0.481 e. The summed E-state index contributed by atoms with van der Waals surface area (Å²) >= 11 is 0. The molecule has 1 saturated carbocycles. The first-order chi connectivity index (χ1) is 12.5. The predicted molar refractivity (Wildman–Crippen MR) is 95.0 cm³/mol. The molecule has 1 aromatic heterocycles. The summed E-state index contributed by atoms with van der Waals surface area (Å²) in [6, 6.07) is 12.1. The Labute approximate surface area is 150 Å². The molecule has 0 atom stereocenters. The smallest absolute Gasteiger partial charge is 0.305 e. The van der Waals surface area contributed by atoms with Crippen molar-refractivity contribution in [1.29, 1.82) is 0 Å². The lowest BCUT2D eigenvalue weighted by molar-refractivity contribution is -0.138. The van der Waals surface area contributed by atoms with Crippen molar-refractivity contribution < 1.29 is 14.7 Å². The molecule has 1 heterocycles. The van der Waals surface area contributed by atoms with Gasteiger partial charge >= 0.3 is 5.97 Å². The highest BCUT2D eigenvalue weighted by atomic mass is 16.4. The Kier molecular flexibility index (Phi) is 5.16. The molecule has 0 aliphatic heterocycles. The second kappa shape index (κ2) is 7.51. The van der Waals surface area contributed by atoms with Crippen LogP contribution in [0, 0.1) is 0 Å². The SMILES string of the molecule is O=C(O)CC1(NC(=O)c2ccc(=O)n(Cc3ccccc3)n2)CCCC1. The molecule has 2 aromatic rings. The van der Waals surface area contributed by atoms with Gasteiger partial charge in [-0.05, 0) is 24.5 Å². The van der Waals surface area contributed by atoms with Gasteiger partial charge in [0, 0.05) is 6.07 Å². The minimum absolute atomic E-state index is 0.109. The summed E-state index contributed by atoms with van der Waals surface area (Å²) in [5.74, 6) is -1.39. The van der Waals surface area contributed by atoms with E-state index in [1.807, 2.05) is 30.3 Å². The fourth-order valence-electron chi connectivity index (χ4n) is 3.43. The highest BCUT2D eigenvalue weighted by Gasteiger charge is 2.37. The Hall–Kier alpha value is -2.96. The number of carbonyl (C=O) groups excluding carboxylic acids is 1. The molecule has 0 bridgehead atoms. The van der Waals surface area contributed by atoms with E-state index in [4.69, 9.17) is 5.11 Å². The molecule has 1 fully saturated rings. The summed E-state index contributed by atoms with van der Waals surface area (Å²) in [4.78, 5) is 35.8. The third-order valence-corrected chi connectivity index (χ3v) is 4.70. The van der Waals surface area contributed by atoms with E-state index in [0.717, 1.165) is 18.4 Å². The standard InChI is InChI=1S/C19H21N3O4/c23-16-9-8-15(21-22(16)13-14-6-2-1-3-7-14)18(26)20-19(12-17(24)25)10-4-5-11-19/h1-3,6-9H,4-5,10-13H2,(H,20,26)(H,24,25). The Morgan fingerprint density at radius 3 is 2.46 bits per heavy atom. The van der Waals surface area contributed by atoms with Gasteiger partial charge in [0.2, 0.25) is 0 Å². The van der Waals surface area contributed by atoms with Gasteiger partial charge in [0.15, 0.2) is 0 Å². The monoisotopic (exact) mass is 355 g/mol. The molecular weight excluding hydrogens is 334 g/mol. The Balaban J connectivity index is 1.80. The van der Waals surface area contributed by atoms with Crippen molar-refractivity contribution in [2.45, 2.75) is 44.2 Å². The van der Waals surface area contributed by atoms with Gasteiger partial charge in [-0.3, -0.25) is 14.4 Å². The summed E-state index contributed by atoms with van der Waals surface area (Å²) < 4.78 is 1.24. The third kappa shape index (κ3) is 4.17. The summed E-state index contributed by atoms with van der Waals surface area (Å²) in [7, 11) is 0. The molecule has 3 rings (SSSR count). The van der Waals surface area contributed by atoms with Gasteiger partial charge in [-0.1, -0.05) is 43.2 Å². The fourth-order valence-corrected chi connectivity index (χ4v) is 3.43. The molecule has 1 aliphatic rings. The highest BCUT2D eigenvalue weighted by molar-refractivity contribution is 5.93. The van der Waals surface area contributed by atoms with Crippen LogP contribution < -0.4 is 10.9 Å². The normalized spacial score (nSPS) is 15.5. The van der Waals surface area contributed by atoms with E-state index in [2.05, 4.69) is 10.4 Å². The molecule has 0 saturated heterocycles. The molecule has 2 N–H and O–H groups in total. The summed E-state index contributed by atoms with van der Waals surface area (Å²) in [6.45, 7) is 0.265. The maximum Gasteiger partial charge on any atom is 0.305 e. The van der Waals surface area contributed by atoms with Crippen LogP contribution in [0.4, 0.5) is 0 Å². The van der Waals surface area contributed by atoms with E-state index in [1.165, 1.54) is 16.8 Å². The molecule has 0 unspecified atom stereocenters. The van der Waals surface area contributed by atoms with E-state index in [9.17, 15) is 14.4 Å².